The first kappa shape index (κ1) is 37.8. The second kappa shape index (κ2) is 15.7. The highest BCUT2D eigenvalue weighted by Gasteiger charge is 2.41. The molecule has 7 rings (SSSR count). The van der Waals surface area contributed by atoms with Crippen molar-refractivity contribution in [1.82, 2.24) is 35.1 Å². The Kier molecular flexibility index (Phi) is 10.8. The molecule has 0 unspecified atom stereocenters. The summed E-state index contributed by atoms with van der Waals surface area (Å²) in [7, 11) is 1.30. The van der Waals surface area contributed by atoms with Gasteiger partial charge < -0.3 is 29.8 Å². The molecule has 3 N–H and O–H groups in total. The monoisotopic (exact) mass is 743 g/mol. The van der Waals surface area contributed by atoms with Gasteiger partial charge in [-0.05, 0) is 91.0 Å². The molecule has 0 saturated carbocycles. The summed E-state index contributed by atoms with van der Waals surface area (Å²) in [5.41, 5.74) is 6.12. The van der Waals surface area contributed by atoms with Crippen LogP contribution >= 0.6 is 0 Å². The van der Waals surface area contributed by atoms with Crippen molar-refractivity contribution in [2.45, 2.75) is 104 Å². The fourth-order valence-electron chi connectivity index (χ4n) is 8.35. The van der Waals surface area contributed by atoms with E-state index in [0.29, 0.717) is 12.3 Å². The lowest BCUT2D eigenvalue weighted by molar-refractivity contribution is -0.137. The number of methoxy groups -OCH3 is 1. The van der Waals surface area contributed by atoms with Crippen LogP contribution < -0.4 is 5.32 Å². The molecule has 11 nitrogen and oxygen atoms in total. The van der Waals surface area contributed by atoms with Crippen molar-refractivity contribution < 1.29 is 19.1 Å². The lowest BCUT2D eigenvalue weighted by Crippen LogP contribution is -2.52. The molecular formula is C44H53N7O4. The first-order valence-electron chi connectivity index (χ1n) is 19.6. The molecule has 288 valence electrons. The van der Waals surface area contributed by atoms with Crippen molar-refractivity contribution >= 4 is 28.7 Å². The van der Waals surface area contributed by atoms with E-state index < -0.39 is 12.1 Å². The van der Waals surface area contributed by atoms with Crippen molar-refractivity contribution in [3.05, 3.63) is 84.7 Å². The number of aromatic amines is 2. The van der Waals surface area contributed by atoms with Crippen LogP contribution in [0.3, 0.4) is 0 Å². The Morgan fingerprint density at radius 1 is 0.727 bits per heavy atom. The smallest absolute Gasteiger partial charge is 0.407 e. The number of H-pyrrole nitrogens is 2. The maximum atomic E-state index is 13.8. The molecule has 0 aliphatic carbocycles. The molecule has 3 amide bonds. The minimum absolute atomic E-state index is 0.0160. The maximum absolute atomic E-state index is 13.8. The number of nitrogens with one attached hydrogen (secondary N) is 3. The Hall–Kier alpha value is -5.45. The fourth-order valence-corrected chi connectivity index (χ4v) is 8.35. The SMILES string of the molecule is COC(=O)N[C@H](C(=O)N1[C@H](C)CC[C@H]1c1ncc(-c2ccc(-c3ccc4cc(-c5cnc([C@@H]6CC[C@@H](C)N6C(=O)CC(C)C)[nH]5)ccc4c3)cc2)[nH]1)C(C)C. The molecular weight excluding hydrogens is 691 g/mol. The molecule has 3 aromatic carbocycles. The largest absolute Gasteiger partial charge is 0.453 e. The zero-order chi connectivity index (χ0) is 39.0. The maximum Gasteiger partial charge on any atom is 0.407 e. The van der Waals surface area contributed by atoms with Crippen molar-refractivity contribution in [2.24, 2.45) is 11.8 Å². The van der Waals surface area contributed by atoms with Crippen LogP contribution in [0, 0.1) is 11.8 Å². The number of likely N-dealkylation sites (tertiary alicyclic amines) is 2. The number of amides is 3. The van der Waals surface area contributed by atoms with E-state index in [1.807, 2.05) is 43.0 Å². The standard InChI is InChI=1S/C44H53N7O4/c1-25(2)20-39(52)50-27(5)8-18-37(50)41-46-24-36(48-41)34-17-16-32-21-31(14-15-33(32)22-34)29-10-12-30(13-11-29)35-23-45-42(47-35)38-19-9-28(6)51(38)43(53)40(26(3)4)49-44(54)55-7/h10-17,21-28,37-38,40H,8-9,18-20H2,1-7H3,(H,45,47)(H,46,48)(H,49,54)/t27-,28-,37+,38+,40+/m1/s1. The molecule has 0 bridgehead atoms. The molecule has 5 atom stereocenters. The molecule has 2 aromatic heterocycles. The van der Waals surface area contributed by atoms with Gasteiger partial charge in [-0.3, -0.25) is 9.59 Å². The molecule has 2 saturated heterocycles. The number of fused-ring (bicyclic) bond motifs is 1. The van der Waals surface area contributed by atoms with Gasteiger partial charge in [0.15, 0.2) is 0 Å². The summed E-state index contributed by atoms with van der Waals surface area (Å²) >= 11 is 0. The number of hydrogen-bond acceptors (Lipinski definition) is 6. The Morgan fingerprint density at radius 3 is 1.82 bits per heavy atom. The van der Waals surface area contributed by atoms with E-state index in [9.17, 15) is 14.4 Å². The van der Waals surface area contributed by atoms with Crippen molar-refractivity contribution in [2.75, 3.05) is 7.11 Å². The van der Waals surface area contributed by atoms with Crippen molar-refractivity contribution in [1.29, 1.82) is 0 Å². The van der Waals surface area contributed by atoms with Crippen LogP contribution in [-0.4, -0.2) is 72.9 Å². The third-order valence-corrected chi connectivity index (χ3v) is 11.4. The number of nitrogens with zero attached hydrogens (tertiary/aromatic N) is 4. The second-order valence-electron chi connectivity index (χ2n) is 16.1. The number of aromatic nitrogens is 4. The van der Waals surface area contributed by atoms with Gasteiger partial charge in [-0.15, -0.1) is 0 Å². The molecule has 55 heavy (non-hydrogen) atoms. The van der Waals surface area contributed by atoms with Crippen LogP contribution in [0.2, 0.25) is 0 Å². The normalized spacial score (nSPS) is 20.5. The highest BCUT2D eigenvalue weighted by molar-refractivity contribution is 5.91. The number of benzene rings is 3. The minimum atomic E-state index is -0.690. The quantitative estimate of drug-likeness (QED) is 0.131. The van der Waals surface area contributed by atoms with Gasteiger partial charge in [0.2, 0.25) is 11.8 Å². The average molecular weight is 744 g/mol. The minimum Gasteiger partial charge on any atom is -0.453 e. The van der Waals surface area contributed by atoms with Crippen LogP contribution in [-0.2, 0) is 14.3 Å². The molecule has 2 fully saturated rings. The first-order valence-corrected chi connectivity index (χ1v) is 19.6. The molecule has 4 heterocycles. The Bertz CT molecular complexity index is 2170. The van der Waals surface area contributed by atoms with Gasteiger partial charge in [-0.2, -0.15) is 0 Å². The van der Waals surface area contributed by atoms with Crippen LogP contribution in [0.15, 0.2) is 73.1 Å². The van der Waals surface area contributed by atoms with Gasteiger partial charge in [-0.25, -0.2) is 14.8 Å². The highest BCUT2D eigenvalue weighted by Crippen LogP contribution is 2.38. The van der Waals surface area contributed by atoms with Gasteiger partial charge in [0.25, 0.3) is 0 Å². The molecule has 2 aliphatic rings. The average Bonchev–Trinajstić information content (AvgIpc) is 3.99. The number of rotatable bonds is 10. The molecule has 2 aliphatic heterocycles. The first-order chi connectivity index (χ1) is 26.4. The third kappa shape index (κ3) is 7.74. The highest BCUT2D eigenvalue weighted by atomic mass is 16.5. The number of alkyl carbamates (subject to hydrolysis) is 1. The summed E-state index contributed by atoms with van der Waals surface area (Å²) in [4.78, 5) is 59.3. The topological polar surface area (TPSA) is 136 Å². The summed E-state index contributed by atoms with van der Waals surface area (Å²) in [5.74, 6) is 1.90. The lowest BCUT2D eigenvalue weighted by Gasteiger charge is -2.32. The van der Waals surface area contributed by atoms with E-state index in [1.54, 1.807) is 0 Å². The molecule has 11 heteroatoms. The number of imidazole rings is 2. The number of carbonyl (C=O) groups excluding carboxylic acids is 3. The van der Waals surface area contributed by atoms with Crippen molar-refractivity contribution in [3.63, 3.8) is 0 Å². The summed E-state index contributed by atoms with van der Waals surface area (Å²) in [5, 5.41) is 5.01. The zero-order valence-electron chi connectivity index (χ0n) is 32.9. The Morgan fingerprint density at radius 2 is 1.24 bits per heavy atom. The van der Waals surface area contributed by atoms with Crippen LogP contribution in [0.25, 0.3) is 44.4 Å². The second-order valence-corrected chi connectivity index (χ2v) is 16.1. The van der Waals surface area contributed by atoms with Gasteiger partial charge in [-0.1, -0.05) is 76.2 Å². The van der Waals surface area contributed by atoms with E-state index in [4.69, 9.17) is 14.7 Å². The summed E-state index contributed by atoms with van der Waals surface area (Å²) in [6.45, 7) is 12.2. The summed E-state index contributed by atoms with van der Waals surface area (Å²) < 4.78 is 4.79. The van der Waals surface area contributed by atoms with E-state index in [2.05, 4.69) is 96.7 Å². The lowest BCUT2D eigenvalue weighted by atomic mass is 9.98. The third-order valence-electron chi connectivity index (χ3n) is 11.4. The van der Waals surface area contributed by atoms with E-state index in [-0.39, 0.29) is 41.9 Å². The molecule has 0 spiro atoms. The summed E-state index contributed by atoms with van der Waals surface area (Å²) in [6.07, 6.45) is 7.19. The predicted molar refractivity (Wildman–Crippen MR) is 215 cm³/mol. The number of hydrogen-bond donors (Lipinski definition) is 3. The van der Waals surface area contributed by atoms with Gasteiger partial charge in [0.05, 0.1) is 43.0 Å². The summed E-state index contributed by atoms with van der Waals surface area (Å²) in [6, 6.07) is 20.7. The van der Waals surface area contributed by atoms with E-state index in [1.165, 1.54) is 7.11 Å². The Labute approximate surface area is 323 Å². The van der Waals surface area contributed by atoms with E-state index in [0.717, 1.165) is 81.7 Å². The van der Waals surface area contributed by atoms with Crippen LogP contribution in [0.4, 0.5) is 4.79 Å². The predicted octanol–water partition coefficient (Wildman–Crippen LogP) is 8.82. The fraction of sp³-hybridized carbons (Fsp3) is 0.432. The van der Waals surface area contributed by atoms with E-state index >= 15 is 0 Å². The van der Waals surface area contributed by atoms with Crippen LogP contribution in [0.5, 0.6) is 0 Å². The van der Waals surface area contributed by atoms with Gasteiger partial charge in [0, 0.05) is 24.1 Å². The zero-order valence-corrected chi connectivity index (χ0v) is 32.9. The molecule has 0 radical (unpaired) electrons. The van der Waals surface area contributed by atoms with Gasteiger partial charge in [0.1, 0.15) is 17.7 Å². The van der Waals surface area contributed by atoms with Crippen molar-refractivity contribution in [3.8, 4) is 33.6 Å². The molecule has 5 aromatic rings. The van der Waals surface area contributed by atoms with Gasteiger partial charge >= 0.3 is 6.09 Å². The Balaban J connectivity index is 1.04. The number of carbonyl (C=O) groups is 3. The van der Waals surface area contributed by atoms with Crippen LogP contribution in [0.1, 0.15) is 97.4 Å². The number of ether oxygens (including phenoxy) is 1.